The molecule has 0 amide bonds. The third kappa shape index (κ3) is 2.36. The van der Waals surface area contributed by atoms with Crippen LogP contribution in [-0.2, 0) is 0 Å². The van der Waals surface area contributed by atoms with Crippen molar-refractivity contribution >= 4 is 11.4 Å². The zero-order valence-corrected chi connectivity index (χ0v) is 9.52. The number of nitro benzene ring substituents is 1. The number of hydrogen-bond donors (Lipinski definition) is 1. The predicted octanol–water partition coefficient (Wildman–Crippen LogP) is 1.53. The lowest BCUT2D eigenvalue weighted by Gasteiger charge is -2.35. The number of halogens is 1. The zero-order chi connectivity index (χ0) is 12.4. The molecule has 0 radical (unpaired) electrons. The second-order valence-corrected chi connectivity index (χ2v) is 4.14. The normalized spacial score (nSPS) is 20.4. The van der Waals surface area contributed by atoms with Crippen molar-refractivity contribution < 1.29 is 9.31 Å². The van der Waals surface area contributed by atoms with Crippen molar-refractivity contribution in [1.82, 2.24) is 5.32 Å². The van der Waals surface area contributed by atoms with E-state index in [2.05, 4.69) is 5.32 Å². The summed E-state index contributed by atoms with van der Waals surface area (Å²) in [4.78, 5) is 12.3. The van der Waals surface area contributed by atoms with Crippen LogP contribution in [0.15, 0.2) is 18.2 Å². The summed E-state index contributed by atoms with van der Waals surface area (Å²) in [5.41, 5.74) is 0.323. The van der Waals surface area contributed by atoms with Crippen molar-refractivity contribution in [1.29, 1.82) is 0 Å². The number of piperazine rings is 1. The minimum atomic E-state index is -0.580. The molecule has 1 N–H and O–H groups in total. The van der Waals surface area contributed by atoms with Crippen molar-refractivity contribution in [3.63, 3.8) is 0 Å². The molecule has 1 heterocycles. The van der Waals surface area contributed by atoms with Gasteiger partial charge >= 0.3 is 0 Å². The molecule has 5 nitrogen and oxygen atoms in total. The second kappa shape index (κ2) is 4.67. The Morgan fingerprint density at radius 2 is 2.35 bits per heavy atom. The van der Waals surface area contributed by atoms with Crippen molar-refractivity contribution in [3.8, 4) is 0 Å². The molecular formula is C11H14FN3O2. The fourth-order valence-corrected chi connectivity index (χ4v) is 2.08. The summed E-state index contributed by atoms with van der Waals surface area (Å²) < 4.78 is 13.0. The molecule has 1 aliphatic heterocycles. The smallest absolute Gasteiger partial charge is 0.295 e. The average molecular weight is 239 g/mol. The Balaban J connectivity index is 2.39. The first-order valence-electron chi connectivity index (χ1n) is 5.51. The molecule has 1 unspecified atom stereocenters. The highest BCUT2D eigenvalue weighted by molar-refractivity contribution is 5.64. The number of nitrogens with zero attached hydrogens (tertiary/aromatic N) is 2. The summed E-state index contributed by atoms with van der Waals surface area (Å²) in [5.74, 6) is -0.580. The van der Waals surface area contributed by atoms with E-state index < -0.39 is 10.7 Å². The molecule has 1 aromatic rings. The van der Waals surface area contributed by atoms with E-state index in [1.165, 1.54) is 12.1 Å². The number of rotatable bonds is 2. The third-order valence-corrected chi connectivity index (χ3v) is 2.94. The number of hydrogen-bond acceptors (Lipinski definition) is 4. The largest absolute Gasteiger partial charge is 0.361 e. The first-order chi connectivity index (χ1) is 8.09. The van der Waals surface area contributed by atoms with Crippen LogP contribution in [0.2, 0.25) is 0 Å². The topological polar surface area (TPSA) is 58.4 Å². The minimum Gasteiger partial charge on any atom is -0.361 e. The molecule has 1 fully saturated rings. The van der Waals surface area contributed by atoms with Gasteiger partial charge in [-0.15, -0.1) is 0 Å². The predicted molar refractivity (Wildman–Crippen MR) is 62.7 cm³/mol. The maximum absolute atomic E-state index is 13.0. The molecule has 0 saturated carbocycles. The van der Waals surface area contributed by atoms with Crippen LogP contribution in [0.5, 0.6) is 0 Å². The highest BCUT2D eigenvalue weighted by Crippen LogP contribution is 2.30. The van der Waals surface area contributed by atoms with E-state index in [1.807, 2.05) is 11.8 Å². The third-order valence-electron chi connectivity index (χ3n) is 2.94. The average Bonchev–Trinajstić information content (AvgIpc) is 2.30. The second-order valence-electron chi connectivity index (χ2n) is 4.14. The van der Waals surface area contributed by atoms with Gasteiger partial charge in [-0.1, -0.05) is 0 Å². The Bertz CT molecular complexity index is 439. The van der Waals surface area contributed by atoms with Gasteiger partial charge in [0.25, 0.3) is 5.69 Å². The number of nitrogens with one attached hydrogen (secondary N) is 1. The first-order valence-corrected chi connectivity index (χ1v) is 5.51. The number of anilines is 1. The lowest BCUT2D eigenvalue weighted by Crippen LogP contribution is -2.50. The molecule has 6 heteroatoms. The number of benzene rings is 1. The Morgan fingerprint density at radius 1 is 1.59 bits per heavy atom. The highest BCUT2D eigenvalue weighted by atomic mass is 19.1. The highest BCUT2D eigenvalue weighted by Gasteiger charge is 2.25. The van der Waals surface area contributed by atoms with Crippen LogP contribution in [0.3, 0.4) is 0 Å². The summed E-state index contributed by atoms with van der Waals surface area (Å²) in [5, 5.41) is 14.1. The summed E-state index contributed by atoms with van der Waals surface area (Å²) in [6.07, 6.45) is 0. The molecule has 0 spiro atoms. The fourth-order valence-electron chi connectivity index (χ4n) is 2.08. The van der Waals surface area contributed by atoms with E-state index in [1.54, 1.807) is 0 Å². The molecule has 0 bridgehead atoms. The molecule has 17 heavy (non-hydrogen) atoms. The van der Waals surface area contributed by atoms with E-state index in [4.69, 9.17) is 0 Å². The number of nitro groups is 1. The van der Waals surface area contributed by atoms with Crippen LogP contribution >= 0.6 is 0 Å². The fraction of sp³-hybridized carbons (Fsp3) is 0.455. The minimum absolute atomic E-state index is 0.160. The maximum atomic E-state index is 13.0. The molecular weight excluding hydrogens is 225 g/mol. The van der Waals surface area contributed by atoms with Crippen molar-refractivity contribution in [2.24, 2.45) is 0 Å². The van der Waals surface area contributed by atoms with Gasteiger partial charge in [0, 0.05) is 25.7 Å². The van der Waals surface area contributed by atoms with E-state index in [0.29, 0.717) is 12.2 Å². The van der Waals surface area contributed by atoms with Crippen LogP contribution < -0.4 is 10.2 Å². The van der Waals surface area contributed by atoms with Gasteiger partial charge in [0.1, 0.15) is 11.5 Å². The zero-order valence-electron chi connectivity index (χ0n) is 9.52. The van der Waals surface area contributed by atoms with Gasteiger partial charge < -0.3 is 10.2 Å². The quantitative estimate of drug-likeness (QED) is 0.628. The standard InChI is InChI=1S/C11H14FN3O2/c1-8-7-13-4-5-14(8)10-3-2-9(12)6-11(10)15(16)17/h2-3,6,8,13H,4-5,7H2,1H3. The molecule has 1 aromatic carbocycles. The molecule has 1 aliphatic rings. The monoisotopic (exact) mass is 239 g/mol. The molecule has 1 saturated heterocycles. The van der Waals surface area contributed by atoms with E-state index in [-0.39, 0.29) is 11.7 Å². The van der Waals surface area contributed by atoms with E-state index in [0.717, 1.165) is 19.2 Å². The van der Waals surface area contributed by atoms with Crippen molar-refractivity contribution in [2.75, 3.05) is 24.5 Å². The van der Waals surface area contributed by atoms with Crippen LogP contribution in [0.1, 0.15) is 6.92 Å². The summed E-state index contributed by atoms with van der Waals surface area (Å²) in [7, 11) is 0. The van der Waals surface area contributed by atoms with Gasteiger partial charge in [-0.3, -0.25) is 10.1 Å². The SMILES string of the molecule is CC1CNCCN1c1ccc(F)cc1[N+](=O)[O-]. The van der Waals surface area contributed by atoms with Gasteiger partial charge in [0.15, 0.2) is 0 Å². The van der Waals surface area contributed by atoms with Crippen molar-refractivity contribution in [2.45, 2.75) is 13.0 Å². The Labute approximate surface area is 98.4 Å². The Kier molecular flexibility index (Phi) is 3.23. The van der Waals surface area contributed by atoms with Crippen LogP contribution in [0.4, 0.5) is 15.8 Å². The lowest BCUT2D eigenvalue weighted by atomic mass is 10.1. The summed E-state index contributed by atoms with van der Waals surface area (Å²) in [6.45, 7) is 4.22. The van der Waals surface area contributed by atoms with Gasteiger partial charge in [-0.25, -0.2) is 4.39 Å². The maximum Gasteiger partial charge on any atom is 0.295 e. The van der Waals surface area contributed by atoms with E-state index >= 15 is 0 Å². The summed E-state index contributed by atoms with van der Waals surface area (Å²) >= 11 is 0. The van der Waals surface area contributed by atoms with Gasteiger partial charge in [0.2, 0.25) is 0 Å². The van der Waals surface area contributed by atoms with Crippen molar-refractivity contribution in [3.05, 3.63) is 34.1 Å². The molecule has 0 aliphatic carbocycles. The Hall–Kier alpha value is -1.69. The molecule has 2 rings (SSSR count). The summed E-state index contributed by atoms with van der Waals surface area (Å²) in [6, 6.07) is 3.88. The van der Waals surface area contributed by atoms with Gasteiger partial charge in [-0.2, -0.15) is 0 Å². The van der Waals surface area contributed by atoms with E-state index in [9.17, 15) is 14.5 Å². The van der Waals surface area contributed by atoms with Crippen LogP contribution in [0, 0.1) is 15.9 Å². The van der Waals surface area contributed by atoms with Gasteiger partial charge in [0.05, 0.1) is 11.0 Å². The first kappa shape index (κ1) is 11.8. The molecule has 1 atom stereocenters. The molecule has 92 valence electrons. The van der Waals surface area contributed by atoms with Gasteiger partial charge in [-0.05, 0) is 19.1 Å². The molecule has 0 aromatic heterocycles. The van der Waals surface area contributed by atoms with Crippen LogP contribution in [-0.4, -0.2) is 30.6 Å². The lowest BCUT2D eigenvalue weighted by molar-refractivity contribution is -0.384. The Morgan fingerprint density at radius 3 is 3.00 bits per heavy atom. The van der Waals surface area contributed by atoms with Crippen LogP contribution in [0.25, 0.3) is 0 Å².